The lowest BCUT2D eigenvalue weighted by Gasteiger charge is -2.08. The van der Waals surface area contributed by atoms with Crippen LogP contribution in [0.3, 0.4) is 0 Å². The minimum absolute atomic E-state index is 0.0594. The maximum atomic E-state index is 12.2. The Morgan fingerprint density at radius 3 is 2.39 bits per heavy atom. The number of rotatable bonds is 3. The van der Waals surface area contributed by atoms with Gasteiger partial charge in [-0.05, 0) is 30.3 Å². The first-order valence-corrected chi connectivity index (χ1v) is 7.08. The Labute approximate surface area is 132 Å². The number of hydrogen-bond acceptors (Lipinski definition) is 5. The Morgan fingerprint density at radius 2 is 1.70 bits per heavy atom. The number of benzene rings is 2. The van der Waals surface area contributed by atoms with Gasteiger partial charge >= 0.3 is 11.1 Å². The van der Waals surface area contributed by atoms with Crippen molar-refractivity contribution in [2.24, 2.45) is 0 Å². The molecule has 0 saturated heterocycles. The van der Waals surface area contributed by atoms with E-state index in [1.165, 1.54) is 19.2 Å². The van der Waals surface area contributed by atoms with Gasteiger partial charge in [-0.1, -0.05) is 0 Å². The second-order valence-corrected chi connectivity index (χ2v) is 5.37. The van der Waals surface area contributed by atoms with E-state index >= 15 is 0 Å². The molecule has 0 amide bonds. The highest BCUT2D eigenvalue weighted by molar-refractivity contribution is 7.95. The van der Waals surface area contributed by atoms with Crippen LogP contribution in [0, 0.1) is 0 Å². The quantitative estimate of drug-likeness (QED) is 0.398. The normalized spacial score (nSPS) is 11.8. The molecule has 3 aromatic rings. The fourth-order valence-corrected chi connectivity index (χ4v) is 2.46. The van der Waals surface area contributed by atoms with Crippen molar-refractivity contribution in [1.82, 2.24) is 0 Å². The molecule has 0 bridgehead atoms. The first kappa shape index (κ1) is 15.5. The third-order valence-corrected chi connectivity index (χ3v) is 3.59. The van der Waals surface area contributed by atoms with E-state index in [0.29, 0.717) is 21.9 Å². The standard InChI is InChI=1S/C15H9F3O4S/c1-20-8-2-4-10-11-5-3-9(22-23-15(16,17)18)7-13(11)21-14(19)12(10)6-8/h2-7H,1H3. The third kappa shape index (κ3) is 3.21. The summed E-state index contributed by atoms with van der Waals surface area (Å²) in [6.45, 7) is 0. The van der Waals surface area contributed by atoms with Gasteiger partial charge in [-0.15, -0.1) is 0 Å². The van der Waals surface area contributed by atoms with Gasteiger partial charge in [-0.25, -0.2) is 4.79 Å². The molecule has 0 aliphatic rings. The number of hydrogen-bond donors (Lipinski definition) is 0. The molecule has 8 heteroatoms. The molecule has 1 heterocycles. The van der Waals surface area contributed by atoms with Gasteiger partial charge < -0.3 is 13.3 Å². The molecule has 0 radical (unpaired) electrons. The summed E-state index contributed by atoms with van der Waals surface area (Å²) in [6.07, 6.45) is 0. The van der Waals surface area contributed by atoms with Crippen molar-refractivity contribution in [2.45, 2.75) is 5.51 Å². The summed E-state index contributed by atoms with van der Waals surface area (Å²) >= 11 is -0.628. The van der Waals surface area contributed by atoms with E-state index in [-0.39, 0.29) is 11.3 Å². The topological polar surface area (TPSA) is 48.7 Å². The Bertz CT molecular complexity index is 934. The van der Waals surface area contributed by atoms with Crippen LogP contribution in [0.1, 0.15) is 0 Å². The number of fused-ring (bicyclic) bond motifs is 3. The van der Waals surface area contributed by atoms with Crippen LogP contribution < -0.4 is 14.5 Å². The molecule has 0 N–H and O–H groups in total. The molecule has 1 aromatic heterocycles. The van der Waals surface area contributed by atoms with Crippen LogP contribution in [-0.2, 0) is 0 Å². The molecule has 3 rings (SSSR count). The summed E-state index contributed by atoms with van der Waals surface area (Å²) in [5.41, 5.74) is -4.98. The molecular formula is C15H9F3O4S. The molecule has 0 fully saturated rings. The predicted molar refractivity (Wildman–Crippen MR) is 80.8 cm³/mol. The van der Waals surface area contributed by atoms with Gasteiger partial charge in [0.05, 0.1) is 12.5 Å². The maximum absolute atomic E-state index is 12.2. The molecular weight excluding hydrogens is 333 g/mol. The van der Waals surface area contributed by atoms with E-state index in [1.54, 1.807) is 24.3 Å². The number of ether oxygens (including phenoxy) is 1. The lowest BCUT2D eigenvalue weighted by Crippen LogP contribution is -2.03. The fraction of sp³-hybridized carbons (Fsp3) is 0.133. The highest BCUT2D eigenvalue weighted by Gasteiger charge is 2.31. The van der Waals surface area contributed by atoms with Crippen molar-refractivity contribution in [3.8, 4) is 11.5 Å². The zero-order chi connectivity index (χ0) is 16.6. The van der Waals surface area contributed by atoms with Gasteiger partial charge in [-0.3, -0.25) is 0 Å². The summed E-state index contributed by atoms with van der Waals surface area (Å²) in [5, 5.41) is 1.54. The summed E-state index contributed by atoms with van der Waals surface area (Å²) in [4.78, 5) is 12.0. The van der Waals surface area contributed by atoms with Crippen LogP contribution in [0.2, 0.25) is 0 Å². The average Bonchev–Trinajstić information content (AvgIpc) is 2.52. The molecule has 0 saturated carbocycles. The Morgan fingerprint density at radius 1 is 1.00 bits per heavy atom. The van der Waals surface area contributed by atoms with Crippen molar-refractivity contribution >= 4 is 33.8 Å². The summed E-state index contributed by atoms with van der Waals surface area (Å²) in [6, 6.07) is 9.09. The lowest BCUT2D eigenvalue weighted by molar-refractivity contribution is -0.0369. The summed E-state index contributed by atoms with van der Waals surface area (Å²) in [7, 11) is 1.48. The van der Waals surface area contributed by atoms with E-state index < -0.39 is 23.2 Å². The fourth-order valence-electron chi connectivity index (χ4n) is 2.17. The largest absolute Gasteiger partial charge is 0.497 e. The molecule has 0 spiro atoms. The number of halogens is 3. The van der Waals surface area contributed by atoms with Gasteiger partial charge in [0.25, 0.3) is 0 Å². The van der Waals surface area contributed by atoms with Crippen LogP contribution in [0.5, 0.6) is 11.5 Å². The first-order valence-electron chi connectivity index (χ1n) is 6.34. The minimum Gasteiger partial charge on any atom is -0.497 e. The van der Waals surface area contributed by atoms with Crippen LogP contribution in [0.15, 0.2) is 45.6 Å². The van der Waals surface area contributed by atoms with Crippen LogP contribution in [-0.4, -0.2) is 12.6 Å². The van der Waals surface area contributed by atoms with E-state index in [2.05, 4.69) is 4.18 Å². The second-order valence-electron chi connectivity index (χ2n) is 4.57. The number of alkyl halides is 3. The third-order valence-electron chi connectivity index (χ3n) is 3.12. The molecule has 2 aromatic carbocycles. The molecule has 4 nitrogen and oxygen atoms in total. The SMILES string of the molecule is COc1ccc2c(c1)c(=O)oc1cc(OSC(F)(F)F)ccc12. The zero-order valence-electron chi connectivity index (χ0n) is 11.6. The van der Waals surface area contributed by atoms with Gasteiger partial charge in [0.1, 0.15) is 17.1 Å². The van der Waals surface area contributed by atoms with Gasteiger partial charge in [0.2, 0.25) is 0 Å². The minimum atomic E-state index is -4.52. The van der Waals surface area contributed by atoms with Crippen LogP contribution >= 0.6 is 12.0 Å². The van der Waals surface area contributed by atoms with E-state index in [0.717, 1.165) is 0 Å². The Kier molecular flexibility index (Phi) is 3.85. The summed E-state index contributed by atoms with van der Waals surface area (Å²) < 4.78 is 51.3. The highest BCUT2D eigenvalue weighted by atomic mass is 32.2. The van der Waals surface area contributed by atoms with Crippen LogP contribution in [0.25, 0.3) is 21.7 Å². The number of methoxy groups -OCH3 is 1. The summed E-state index contributed by atoms with van der Waals surface area (Å²) in [5.74, 6) is 0.446. The van der Waals surface area contributed by atoms with E-state index in [9.17, 15) is 18.0 Å². The van der Waals surface area contributed by atoms with Crippen LogP contribution in [0.4, 0.5) is 13.2 Å². The van der Waals surface area contributed by atoms with Crippen molar-refractivity contribution in [2.75, 3.05) is 7.11 Å². The monoisotopic (exact) mass is 342 g/mol. The van der Waals surface area contributed by atoms with Crippen molar-refractivity contribution in [1.29, 1.82) is 0 Å². The van der Waals surface area contributed by atoms with Gasteiger partial charge in [-0.2, -0.15) is 13.2 Å². The van der Waals surface area contributed by atoms with E-state index in [1.807, 2.05) is 0 Å². The molecule has 0 aliphatic heterocycles. The highest BCUT2D eigenvalue weighted by Crippen LogP contribution is 2.34. The maximum Gasteiger partial charge on any atom is 0.479 e. The zero-order valence-corrected chi connectivity index (χ0v) is 12.5. The Balaban J connectivity index is 2.10. The molecule has 0 atom stereocenters. The smallest absolute Gasteiger partial charge is 0.479 e. The van der Waals surface area contributed by atoms with Gasteiger partial charge in [0, 0.05) is 16.8 Å². The molecule has 0 aliphatic carbocycles. The predicted octanol–water partition coefficient (Wildman–Crippen LogP) is 4.50. The van der Waals surface area contributed by atoms with Gasteiger partial charge in [0.15, 0.2) is 12.0 Å². The van der Waals surface area contributed by atoms with Crippen molar-refractivity contribution in [3.63, 3.8) is 0 Å². The van der Waals surface area contributed by atoms with Crippen molar-refractivity contribution < 1.29 is 26.5 Å². The van der Waals surface area contributed by atoms with E-state index in [4.69, 9.17) is 9.15 Å². The molecule has 0 unspecified atom stereocenters. The first-order chi connectivity index (χ1) is 10.9. The molecule has 23 heavy (non-hydrogen) atoms. The second kappa shape index (κ2) is 5.69. The Hall–Kier alpha value is -2.35. The molecule has 120 valence electrons. The average molecular weight is 342 g/mol. The van der Waals surface area contributed by atoms with Crippen molar-refractivity contribution in [3.05, 3.63) is 46.8 Å². The lowest BCUT2D eigenvalue weighted by atomic mass is 10.1.